The molecule has 0 unspecified atom stereocenters. The SMILES string of the molecule is COc1ccc(-n2nnnc2Cc2ccccc2)cc1. The van der Waals surface area contributed by atoms with Gasteiger partial charge in [-0.05, 0) is 40.3 Å². The van der Waals surface area contributed by atoms with Gasteiger partial charge in [-0.15, -0.1) is 5.10 Å². The first-order valence-corrected chi connectivity index (χ1v) is 6.32. The molecule has 0 fully saturated rings. The van der Waals surface area contributed by atoms with Crippen molar-refractivity contribution in [2.24, 2.45) is 0 Å². The van der Waals surface area contributed by atoms with Crippen LogP contribution in [0.4, 0.5) is 0 Å². The van der Waals surface area contributed by atoms with Gasteiger partial charge < -0.3 is 4.74 Å². The lowest BCUT2D eigenvalue weighted by Gasteiger charge is -2.05. The maximum atomic E-state index is 5.15. The molecule has 0 atom stereocenters. The Morgan fingerprint density at radius 2 is 1.75 bits per heavy atom. The average molecular weight is 266 g/mol. The summed E-state index contributed by atoms with van der Waals surface area (Å²) in [6.07, 6.45) is 0.694. The first-order valence-electron chi connectivity index (χ1n) is 6.32. The summed E-state index contributed by atoms with van der Waals surface area (Å²) in [6, 6.07) is 17.8. The van der Waals surface area contributed by atoms with E-state index in [4.69, 9.17) is 4.74 Å². The van der Waals surface area contributed by atoms with Crippen LogP contribution >= 0.6 is 0 Å². The maximum Gasteiger partial charge on any atom is 0.161 e. The topological polar surface area (TPSA) is 52.8 Å². The molecule has 5 heteroatoms. The number of methoxy groups -OCH3 is 1. The lowest BCUT2D eigenvalue weighted by atomic mass is 10.1. The molecule has 0 radical (unpaired) electrons. The van der Waals surface area contributed by atoms with Crippen LogP contribution < -0.4 is 4.74 Å². The van der Waals surface area contributed by atoms with Gasteiger partial charge in [-0.2, -0.15) is 4.68 Å². The van der Waals surface area contributed by atoms with Crippen molar-refractivity contribution in [3.8, 4) is 11.4 Å². The van der Waals surface area contributed by atoms with E-state index in [1.807, 2.05) is 42.5 Å². The van der Waals surface area contributed by atoms with Crippen molar-refractivity contribution in [2.75, 3.05) is 7.11 Å². The van der Waals surface area contributed by atoms with E-state index < -0.39 is 0 Å². The molecule has 0 bridgehead atoms. The highest BCUT2D eigenvalue weighted by atomic mass is 16.5. The van der Waals surface area contributed by atoms with Gasteiger partial charge in [0.1, 0.15) is 5.75 Å². The van der Waals surface area contributed by atoms with Gasteiger partial charge >= 0.3 is 0 Å². The van der Waals surface area contributed by atoms with Gasteiger partial charge in [0.05, 0.1) is 12.8 Å². The summed E-state index contributed by atoms with van der Waals surface area (Å²) in [5.74, 6) is 1.62. The monoisotopic (exact) mass is 266 g/mol. The molecule has 0 N–H and O–H groups in total. The number of hydrogen-bond donors (Lipinski definition) is 0. The molecule has 3 aromatic rings. The van der Waals surface area contributed by atoms with Crippen molar-refractivity contribution in [1.29, 1.82) is 0 Å². The van der Waals surface area contributed by atoms with Crippen LogP contribution in [0.1, 0.15) is 11.4 Å². The van der Waals surface area contributed by atoms with Crippen LogP contribution in [-0.4, -0.2) is 27.3 Å². The Kier molecular flexibility index (Phi) is 3.41. The second-order valence-electron chi connectivity index (χ2n) is 4.37. The molecule has 0 aliphatic rings. The molecule has 0 aliphatic carbocycles. The van der Waals surface area contributed by atoms with Crippen molar-refractivity contribution >= 4 is 0 Å². The molecule has 0 spiro atoms. The highest BCUT2D eigenvalue weighted by Crippen LogP contribution is 2.16. The molecule has 0 aliphatic heterocycles. The van der Waals surface area contributed by atoms with Crippen LogP contribution in [0.5, 0.6) is 5.75 Å². The first kappa shape index (κ1) is 12.3. The molecule has 0 saturated heterocycles. The molecular formula is C15H14N4O. The summed E-state index contributed by atoms with van der Waals surface area (Å²) >= 11 is 0. The summed E-state index contributed by atoms with van der Waals surface area (Å²) in [6.45, 7) is 0. The fourth-order valence-electron chi connectivity index (χ4n) is 2.02. The summed E-state index contributed by atoms with van der Waals surface area (Å²) < 4.78 is 6.89. The number of benzene rings is 2. The van der Waals surface area contributed by atoms with E-state index in [1.165, 1.54) is 5.56 Å². The zero-order valence-electron chi connectivity index (χ0n) is 11.1. The predicted molar refractivity (Wildman–Crippen MR) is 75.0 cm³/mol. The molecule has 20 heavy (non-hydrogen) atoms. The van der Waals surface area contributed by atoms with E-state index >= 15 is 0 Å². The van der Waals surface area contributed by atoms with Gasteiger partial charge in [0, 0.05) is 6.42 Å². The van der Waals surface area contributed by atoms with Gasteiger partial charge in [0.15, 0.2) is 5.82 Å². The Bertz CT molecular complexity index is 677. The molecule has 0 amide bonds. The highest BCUT2D eigenvalue weighted by Gasteiger charge is 2.09. The van der Waals surface area contributed by atoms with Crippen molar-refractivity contribution in [3.63, 3.8) is 0 Å². The van der Waals surface area contributed by atoms with Crippen LogP contribution in [0.2, 0.25) is 0 Å². The Morgan fingerprint density at radius 3 is 2.45 bits per heavy atom. The molecule has 2 aromatic carbocycles. The smallest absolute Gasteiger partial charge is 0.161 e. The zero-order valence-corrected chi connectivity index (χ0v) is 11.1. The van der Waals surface area contributed by atoms with E-state index in [2.05, 4.69) is 27.7 Å². The number of aromatic nitrogens is 4. The average Bonchev–Trinajstić information content (AvgIpc) is 2.96. The predicted octanol–water partition coefficient (Wildman–Crippen LogP) is 2.26. The Morgan fingerprint density at radius 1 is 1.00 bits per heavy atom. The maximum absolute atomic E-state index is 5.15. The van der Waals surface area contributed by atoms with Crippen molar-refractivity contribution in [3.05, 3.63) is 66.0 Å². The van der Waals surface area contributed by atoms with Crippen molar-refractivity contribution in [1.82, 2.24) is 20.2 Å². The second kappa shape index (κ2) is 5.52. The Labute approximate surface area is 116 Å². The minimum absolute atomic E-state index is 0.694. The molecule has 100 valence electrons. The normalized spacial score (nSPS) is 10.4. The third kappa shape index (κ3) is 2.51. The molecule has 1 aromatic heterocycles. The lowest BCUT2D eigenvalue weighted by molar-refractivity contribution is 0.414. The van der Waals surface area contributed by atoms with Crippen LogP contribution in [0, 0.1) is 0 Å². The summed E-state index contributed by atoms with van der Waals surface area (Å²) in [4.78, 5) is 0. The summed E-state index contributed by atoms with van der Waals surface area (Å²) in [5.41, 5.74) is 2.10. The molecule has 0 saturated carbocycles. The molecule has 5 nitrogen and oxygen atoms in total. The van der Waals surface area contributed by atoms with E-state index in [9.17, 15) is 0 Å². The van der Waals surface area contributed by atoms with Crippen LogP contribution in [0.25, 0.3) is 5.69 Å². The lowest BCUT2D eigenvalue weighted by Crippen LogP contribution is -2.04. The highest BCUT2D eigenvalue weighted by molar-refractivity contribution is 5.37. The van der Waals surface area contributed by atoms with Crippen LogP contribution in [0.15, 0.2) is 54.6 Å². The van der Waals surface area contributed by atoms with Gasteiger partial charge in [0.2, 0.25) is 0 Å². The quantitative estimate of drug-likeness (QED) is 0.727. The number of hydrogen-bond acceptors (Lipinski definition) is 4. The number of ether oxygens (including phenoxy) is 1. The van der Waals surface area contributed by atoms with Gasteiger partial charge in [0.25, 0.3) is 0 Å². The fraction of sp³-hybridized carbons (Fsp3) is 0.133. The van der Waals surface area contributed by atoms with E-state index in [0.29, 0.717) is 6.42 Å². The van der Waals surface area contributed by atoms with Crippen LogP contribution in [0.3, 0.4) is 0 Å². The van der Waals surface area contributed by atoms with E-state index in [-0.39, 0.29) is 0 Å². The summed E-state index contributed by atoms with van der Waals surface area (Å²) in [5, 5.41) is 11.9. The Balaban J connectivity index is 1.89. The van der Waals surface area contributed by atoms with E-state index in [0.717, 1.165) is 17.3 Å². The van der Waals surface area contributed by atoms with Crippen molar-refractivity contribution in [2.45, 2.75) is 6.42 Å². The largest absolute Gasteiger partial charge is 0.497 e. The minimum Gasteiger partial charge on any atom is -0.497 e. The second-order valence-corrected chi connectivity index (χ2v) is 4.37. The Hall–Kier alpha value is -2.69. The van der Waals surface area contributed by atoms with E-state index in [1.54, 1.807) is 11.8 Å². The number of nitrogens with zero attached hydrogens (tertiary/aromatic N) is 4. The number of rotatable bonds is 4. The molecular weight excluding hydrogens is 252 g/mol. The van der Waals surface area contributed by atoms with Gasteiger partial charge in [-0.25, -0.2) is 0 Å². The fourth-order valence-corrected chi connectivity index (χ4v) is 2.02. The first-order chi connectivity index (χ1) is 9.86. The third-order valence-corrected chi connectivity index (χ3v) is 3.06. The molecule has 3 rings (SSSR count). The minimum atomic E-state index is 0.694. The van der Waals surface area contributed by atoms with Gasteiger partial charge in [-0.1, -0.05) is 30.3 Å². The van der Waals surface area contributed by atoms with Crippen molar-refractivity contribution < 1.29 is 4.74 Å². The summed E-state index contributed by atoms with van der Waals surface area (Å²) in [7, 11) is 1.65. The standard InChI is InChI=1S/C15H14N4O/c1-20-14-9-7-13(8-10-14)19-15(16-17-18-19)11-12-5-3-2-4-6-12/h2-10H,11H2,1H3. The third-order valence-electron chi connectivity index (χ3n) is 3.06. The molecule has 1 heterocycles. The zero-order chi connectivity index (χ0) is 13.8. The van der Waals surface area contributed by atoms with Gasteiger partial charge in [-0.3, -0.25) is 0 Å². The number of tetrazole rings is 1. The van der Waals surface area contributed by atoms with Crippen LogP contribution in [-0.2, 0) is 6.42 Å².